The predicted molar refractivity (Wildman–Crippen MR) is 71.0 cm³/mol. The molecule has 1 atom stereocenters. The summed E-state index contributed by atoms with van der Waals surface area (Å²) in [6, 6.07) is 1.96. The molecule has 1 rings (SSSR count). The Kier molecular flexibility index (Phi) is 6.16. The molecule has 0 radical (unpaired) electrons. The topological polar surface area (TPSA) is 80.0 Å². The van der Waals surface area contributed by atoms with Gasteiger partial charge in [0.25, 0.3) is 0 Å². The van der Waals surface area contributed by atoms with E-state index in [0.717, 1.165) is 24.2 Å². The molecule has 1 unspecified atom stereocenters. The number of carbonyl (C=O) groups is 2. The molecule has 1 heterocycles. The average Bonchev–Trinajstić information content (AvgIpc) is 2.87. The standard InChI is InChI=1S/C13H16N2O3S/c1-3-5-6-11(16)9(7-14)12-15-10(8-19-12)13(17)18-4-2/h8-9H,3-6H2,1-2H3. The van der Waals surface area contributed by atoms with Gasteiger partial charge < -0.3 is 4.74 Å². The first-order chi connectivity index (χ1) is 9.13. The average molecular weight is 280 g/mol. The minimum absolute atomic E-state index is 0.144. The summed E-state index contributed by atoms with van der Waals surface area (Å²) in [5.41, 5.74) is 0.158. The third kappa shape index (κ3) is 4.14. The molecule has 0 saturated heterocycles. The van der Waals surface area contributed by atoms with Gasteiger partial charge in [-0.05, 0) is 13.3 Å². The zero-order chi connectivity index (χ0) is 14.3. The molecule has 19 heavy (non-hydrogen) atoms. The SMILES string of the molecule is CCCCC(=O)C(C#N)c1nc(C(=O)OCC)cs1. The van der Waals surface area contributed by atoms with E-state index in [9.17, 15) is 9.59 Å². The molecule has 102 valence electrons. The molecule has 1 aromatic heterocycles. The highest BCUT2D eigenvalue weighted by Gasteiger charge is 2.24. The molecule has 5 nitrogen and oxygen atoms in total. The number of unbranched alkanes of at least 4 members (excludes halogenated alkanes) is 1. The van der Waals surface area contributed by atoms with E-state index >= 15 is 0 Å². The highest BCUT2D eigenvalue weighted by atomic mass is 32.1. The highest BCUT2D eigenvalue weighted by Crippen LogP contribution is 2.23. The van der Waals surface area contributed by atoms with E-state index in [1.807, 2.05) is 13.0 Å². The van der Waals surface area contributed by atoms with Gasteiger partial charge in [0.1, 0.15) is 5.01 Å². The Labute approximate surface area is 116 Å². The van der Waals surface area contributed by atoms with Crippen LogP contribution in [0.3, 0.4) is 0 Å². The lowest BCUT2D eigenvalue weighted by Crippen LogP contribution is -2.11. The van der Waals surface area contributed by atoms with Gasteiger partial charge >= 0.3 is 5.97 Å². The number of aromatic nitrogens is 1. The van der Waals surface area contributed by atoms with E-state index in [0.29, 0.717) is 11.4 Å². The number of thiazole rings is 1. The van der Waals surface area contributed by atoms with Crippen LogP contribution < -0.4 is 0 Å². The monoisotopic (exact) mass is 280 g/mol. The van der Waals surface area contributed by atoms with Gasteiger partial charge in [0.2, 0.25) is 0 Å². The summed E-state index contributed by atoms with van der Waals surface area (Å²) in [6.07, 6.45) is 2.02. The molecule has 0 fully saturated rings. The minimum Gasteiger partial charge on any atom is -0.461 e. The predicted octanol–water partition coefficient (Wildman–Crippen LogP) is 2.69. The summed E-state index contributed by atoms with van der Waals surface area (Å²) in [4.78, 5) is 27.4. The molecule has 0 aliphatic rings. The lowest BCUT2D eigenvalue weighted by Gasteiger charge is -2.03. The Morgan fingerprint density at radius 1 is 1.53 bits per heavy atom. The van der Waals surface area contributed by atoms with E-state index in [1.165, 1.54) is 5.38 Å². The van der Waals surface area contributed by atoms with Gasteiger partial charge in [-0.25, -0.2) is 9.78 Å². The summed E-state index contributed by atoms with van der Waals surface area (Å²) >= 11 is 1.14. The number of carbonyl (C=O) groups excluding carboxylic acids is 2. The first-order valence-corrected chi connectivity index (χ1v) is 7.06. The van der Waals surface area contributed by atoms with Crippen molar-refractivity contribution in [3.8, 4) is 6.07 Å². The number of esters is 1. The Bertz CT molecular complexity index is 490. The van der Waals surface area contributed by atoms with E-state index in [-0.39, 0.29) is 18.1 Å². The maximum atomic E-state index is 11.9. The van der Waals surface area contributed by atoms with Crippen LogP contribution in [-0.2, 0) is 9.53 Å². The van der Waals surface area contributed by atoms with Crippen molar-refractivity contribution in [1.29, 1.82) is 5.26 Å². The first kappa shape index (κ1) is 15.3. The molecule has 0 aliphatic carbocycles. The second-order valence-corrected chi connectivity index (χ2v) is 4.81. The molecule has 0 aromatic carbocycles. The van der Waals surface area contributed by atoms with Crippen LogP contribution in [0.1, 0.15) is 54.5 Å². The zero-order valence-electron chi connectivity index (χ0n) is 11.0. The number of hydrogen-bond acceptors (Lipinski definition) is 6. The van der Waals surface area contributed by atoms with Crippen LogP contribution in [0.4, 0.5) is 0 Å². The number of ketones is 1. The molecular formula is C13H16N2O3S. The summed E-state index contributed by atoms with van der Waals surface area (Å²) < 4.78 is 4.82. The lowest BCUT2D eigenvalue weighted by atomic mass is 10.0. The Hall–Kier alpha value is -1.74. The molecule has 0 N–H and O–H groups in total. The van der Waals surface area contributed by atoms with Crippen LogP contribution in [0, 0.1) is 11.3 Å². The van der Waals surface area contributed by atoms with Crippen LogP contribution in [-0.4, -0.2) is 23.3 Å². The highest BCUT2D eigenvalue weighted by molar-refractivity contribution is 7.10. The molecule has 0 aliphatic heterocycles. The molecule has 0 saturated carbocycles. The van der Waals surface area contributed by atoms with Gasteiger partial charge in [0, 0.05) is 11.8 Å². The van der Waals surface area contributed by atoms with Crippen molar-refractivity contribution in [2.45, 2.75) is 39.0 Å². The Morgan fingerprint density at radius 2 is 2.26 bits per heavy atom. The summed E-state index contributed by atoms with van der Waals surface area (Å²) in [5.74, 6) is -1.54. The number of nitriles is 1. The van der Waals surface area contributed by atoms with Crippen LogP contribution >= 0.6 is 11.3 Å². The van der Waals surface area contributed by atoms with Crippen molar-refractivity contribution in [3.05, 3.63) is 16.1 Å². The Balaban J connectivity index is 2.80. The van der Waals surface area contributed by atoms with Crippen LogP contribution in [0.5, 0.6) is 0 Å². The minimum atomic E-state index is -0.875. The molecule has 6 heteroatoms. The number of hydrogen-bond donors (Lipinski definition) is 0. The second kappa shape index (κ2) is 7.64. The van der Waals surface area contributed by atoms with E-state index in [1.54, 1.807) is 6.92 Å². The fourth-order valence-corrected chi connectivity index (χ4v) is 2.33. The van der Waals surface area contributed by atoms with Crippen molar-refractivity contribution in [2.24, 2.45) is 0 Å². The third-order valence-corrected chi connectivity index (χ3v) is 3.39. The van der Waals surface area contributed by atoms with Gasteiger partial charge in [-0.15, -0.1) is 11.3 Å². The fourth-order valence-electron chi connectivity index (χ4n) is 1.48. The van der Waals surface area contributed by atoms with Gasteiger partial charge in [-0.1, -0.05) is 13.3 Å². The van der Waals surface area contributed by atoms with Crippen LogP contribution in [0.25, 0.3) is 0 Å². The molecule has 1 aromatic rings. The van der Waals surface area contributed by atoms with Crippen molar-refractivity contribution in [3.63, 3.8) is 0 Å². The Morgan fingerprint density at radius 3 is 2.84 bits per heavy atom. The van der Waals surface area contributed by atoms with Gasteiger partial charge in [-0.3, -0.25) is 4.79 Å². The second-order valence-electron chi connectivity index (χ2n) is 3.92. The summed E-state index contributed by atoms with van der Waals surface area (Å²) in [7, 11) is 0. The molecule has 0 spiro atoms. The van der Waals surface area contributed by atoms with Crippen molar-refractivity contribution in [1.82, 2.24) is 4.98 Å². The summed E-state index contributed by atoms with van der Waals surface area (Å²) in [6.45, 7) is 3.96. The maximum Gasteiger partial charge on any atom is 0.357 e. The van der Waals surface area contributed by atoms with Crippen molar-refractivity contribution >= 4 is 23.1 Å². The molecule has 0 bridgehead atoms. The van der Waals surface area contributed by atoms with Gasteiger partial charge in [0.05, 0.1) is 12.7 Å². The van der Waals surface area contributed by atoms with E-state index in [4.69, 9.17) is 10.00 Å². The fraction of sp³-hybridized carbons (Fsp3) is 0.538. The van der Waals surface area contributed by atoms with Gasteiger partial charge in [-0.2, -0.15) is 5.26 Å². The normalized spacial score (nSPS) is 11.6. The first-order valence-electron chi connectivity index (χ1n) is 6.18. The van der Waals surface area contributed by atoms with Crippen molar-refractivity contribution < 1.29 is 14.3 Å². The number of Topliss-reactive ketones (excluding diaryl/α,β-unsaturated/α-hetero) is 1. The van der Waals surface area contributed by atoms with Gasteiger partial charge in [0.15, 0.2) is 17.4 Å². The molecule has 0 amide bonds. The van der Waals surface area contributed by atoms with Crippen LogP contribution in [0.2, 0.25) is 0 Å². The smallest absolute Gasteiger partial charge is 0.357 e. The maximum absolute atomic E-state index is 11.9. The number of ether oxygens (including phenoxy) is 1. The number of rotatable bonds is 7. The summed E-state index contributed by atoms with van der Waals surface area (Å²) in [5, 5.41) is 11.0. The van der Waals surface area contributed by atoms with E-state index in [2.05, 4.69) is 4.98 Å². The largest absolute Gasteiger partial charge is 0.461 e. The number of nitrogens with zero attached hydrogens (tertiary/aromatic N) is 2. The third-order valence-electron chi connectivity index (χ3n) is 2.48. The quantitative estimate of drug-likeness (QED) is 0.717. The van der Waals surface area contributed by atoms with Crippen LogP contribution in [0.15, 0.2) is 5.38 Å². The lowest BCUT2D eigenvalue weighted by molar-refractivity contribution is -0.119. The van der Waals surface area contributed by atoms with Crippen molar-refractivity contribution in [2.75, 3.05) is 6.61 Å². The molecular weight excluding hydrogens is 264 g/mol. The zero-order valence-corrected chi connectivity index (χ0v) is 11.8. The van der Waals surface area contributed by atoms with E-state index < -0.39 is 11.9 Å².